The lowest BCUT2D eigenvalue weighted by Gasteiger charge is -2.05. The smallest absolute Gasteiger partial charge is 0.119 e. The summed E-state index contributed by atoms with van der Waals surface area (Å²) in [4.78, 5) is 0. The molecule has 0 unspecified atom stereocenters. The molecule has 0 bridgehead atoms. The maximum Gasteiger partial charge on any atom is 0.119 e. The molecule has 3 N–H and O–H groups in total. The summed E-state index contributed by atoms with van der Waals surface area (Å²) in [5.74, 6) is 0.928. The van der Waals surface area contributed by atoms with Crippen LogP contribution in [0.2, 0.25) is 0 Å². The largest absolute Gasteiger partial charge is 0.493 e. The van der Waals surface area contributed by atoms with Crippen LogP contribution in [0.15, 0.2) is 24.3 Å². The molecule has 0 heterocycles. The van der Waals surface area contributed by atoms with Gasteiger partial charge in [-0.1, -0.05) is 0 Å². The van der Waals surface area contributed by atoms with Gasteiger partial charge in [0.25, 0.3) is 0 Å². The quantitative estimate of drug-likeness (QED) is 0.571. The van der Waals surface area contributed by atoms with E-state index in [4.69, 9.17) is 9.84 Å². The Morgan fingerprint density at radius 3 is 2.60 bits per heavy atom. The molecule has 0 atom stereocenters. The van der Waals surface area contributed by atoms with Gasteiger partial charge in [-0.15, -0.1) is 0 Å². The number of ether oxygens (including phenoxy) is 1. The van der Waals surface area contributed by atoms with Gasteiger partial charge in [0.2, 0.25) is 0 Å². The van der Waals surface area contributed by atoms with Crippen LogP contribution >= 0.6 is 22.6 Å². The average molecular weight is 322 g/mol. The molecule has 4 heteroatoms. The van der Waals surface area contributed by atoms with Crippen LogP contribution in [0.25, 0.3) is 0 Å². The zero-order valence-corrected chi connectivity index (χ0v) is 10.8. The molecule has 0 saturated heterocycles. The van der Waals surface area contributed by atoms with Gasteiger partial charge in [-0.25, -0.2) is 0 Å². The molecule has 0 aliphatic rings. The number of aliphatic hydroxyl groups is 1. The van der Waals surface area contributed by atoms with E-state index in [1.54, 1.807) is 0 Å². The molecule has 1 aromatic carbocycles. The second-order valence-electron chi connectivity index (χ2n) is 3.25. The van der Waals surface area contributed by atoms with Gasteiger partial charge in [0.1, 0.15) is 5.75 Å². The molecule has 84 valence electrons. The molecule has 1 aromatic rings. The Bertz CT molecular complexity index is 264. The van der Waals surface area contributed by atoms with Crippen molar-refractivity contribution < 1.29 is 15.2 Å². The van der Waals surface area contributed by atoms with E-state index in [0.29, 0.717) is 0 Å². The molecule has 0 fully saturated rings. The molecule has 0 aliphatic heterocycles. The third-order valence-corrected chi connectivity index (χ3v) is 2.69. The second kappa shape index (κ2) is 7.90. The van der Waals surface area contributed by atoms with E-state index in [1.165, 1.54) is 3.57 Å². The first-order chi connectivity index (χ1) is 7.33. The third-order valence-electron chi connectivity index (χ3n) is 1.97. The number of halogens is 1. The van der Waals surface area contributed by atoms with Crippen LogP contribution in [0.3, 0.4) is 0 Å². The van der Waals surface area contributed by atoms with E-state index in [2.05, 4.69) is 27.9 Å². The van der Waals surface area contributed by atoms with Gasteiger partial charge < -0.3 is 15.2 Å². The van der Waals surface area contributed by atoms with Gasteiger partial charge in [-0.05, 0) is 46.9 Å². The Kier molecular flexibility index (Phi) is 6.71. The van der Waals surface area contributed by atoms with E-state index in [1.807, 2.05) is 24.3 Å². The molecule has 0 radical (unpaired) electrons. The first-order valence-electron chi connectivity index (χ1n) is 5.14. The van der Waals surface area contributed by atoms with Gasteiger partial charge in [-0.3, -0.25) is 0 Å². The maximum atomic E-state index is 8.56. The van der Waals surface area contributed by atoms with Crippen molar-refractivity contribution in [2.75, 3.05) is 26.3 Å². The lowest BCUT2D eigenvalue weighted by atomic mass is 10.3. The minimum absolute atomic E-state index is 0.248. The monoisotopic (exact) mass is 322 g/mol. The van der Waals surface area contributed by atoms with Crippen LogP contribution in [0.4, 0.5) is 0 Å². The van der Waals surface area contributed by atoms with Gasteiger partial charge in [0, 0.05) is 9.99 Å². The van der Waals surface area contributed by atoms with Crippen molar-refractivity contribution in [3.05, 3.63) is 27.8 Å². The van der Waals surface area contributed by atoms with Gasteiger partial charge in [0.05, 0.1) is 26.3 Å². The van der Waals surface area contributed by atoms with E-state index < -0.39 is 0 Å². The Labute approximate surface area is 104 Å². The Morgan fingerprint density at radius 1 is 1.20 bits per heavy atom. The van der Waals surface area contributed by atoms with Gasteiger partial charge in [-0.2, -0.15) is 0 Å². The average Bonchev–Trinajstić information content (AvgIpc) is 2.26. The molecule has 0 amide bonds. The molecule has 3 nitrogen and oxygen atoms in total. The predicted octanol–water partition coefficient (Wildman–Crippen LogP) is 0.616. The summed E-state index contributed by atoms with van der Waals surface area (Å²) in [7, 11) is 0. The number of rotatable bonds is 7. The second-order valence-corrected chi connectivity index (χ2v) is 4.49. The van der Waals surface area contributed by atoms with Crippen LogP contribution in [0, 0.1) is 3.57 Å². The highest BCUT2D eigenvalue weighted by Crippen LogP contribution is 2.13. The zero-order valence-electron chi connectivity index (χ0n) is 8.66. The number of hydrogen-bond acceptors (Lipinski definition) is 2. The minimum atomic E-state index is 0.248. The van der Waals surface area contributed by atoms with E-state index in [9.17, 15) is 0 Å². The molecular weight excluding hydrogens is 305 g/mol. The molecular formula is C11H17INO2+. The fourth-order valence-corrected chi connectivity index (χ4v) is 1.54. The molecule has 0 aromatic heterocycles. The lowest BCUT2D eigenvalue weighted by molar-refractivity contribution is -0.656. The van der Waals surface area contributed by atoms with Gasteiger partial charge in [0.15, 0.2) is 0 Å². The van der Waals surface area contributed by atoms with Crippen LogP contribution in [0.1, 0.15) is 6.42 Å². The van der Waals surface area contributed by atoms with Crippen molar-refractivity contribution >= 4 is 22.6 Å². The summed E-state index contributed by atoms with van der Waals surface area (Å²) in [5.41, 5.74) is 0. The number of aliphatic hydroxyl groups excluding tert-OH is 1. The van der Waals surface area contributed by atoms with Crippen LogP contribution < -0.4 is 10.1 Å². The highest BCUT2D eigenvalue weighted by Gasteiger charge is 1.94. The fourth-order valence-electron chi connectivity index (χ4n) is 1.18. The summed E-state index contributed by atoms with van der Waals surface area (Å²) in [6, 6.07) is 8.04. The van der Waals surface area contributed by atoms with Crippen LogP contribution in [-0.2, 0) is 0 Å². The molecule has 15 heavy (non-hydrogen) atoms. The highest BCUT2D eigenvalue weighted by atomic mass is 127. The summed E-state index contributed by atoms with van der Waals surface area (Å²) < 4.78 is 6.77. The fraction of sp³-hybridized carbons (Fsp3) is 0.455. The normalized spacial score (nSPS) is 10.3. The first kappa shape index (κ1) is 12.7. The van der Waals surface area contributed by atoms with Crippen molar-refractivity contribution in [1.82, 2.24) is 0 Å². The Morgan fingerprint density at radius 2 is 1.93 bits per heavy atom. The standard InChI is InChI=1S/C11H16INO2/c12-10-2-4-11(5-3-10)15-9-1-6-13-7-8-14/h2-5,13-14H,1,6-9H2/p+1. The van der Waals surface area contributed by atoms with Crippen LogP contribution in [0.5, 0.6) is 5.75 Å². The van der Waals surface area contributed by atoms with E-state index in [-0.39, 0.29) is 6.61 Å². The molecule has 0 saturated carbocycles. The number of hydrogen-bond donors (Lipinski definition) is 2. The summed E-state index contributed by atoms with van der Waals surface area (Å²) in [5, 5.41) is 10.7. The summed E-state index contributed by atoms with van der Waals surface area (Å²) in [6.45, 7) is 2.77. The van der Waals surface area contributed by atoms with E-state index >= 15 is 0 Å². The minimum Gasteiger partial charge on any atom is -0.493 e. The van der Waals surface area contributed by atoms with Crippen molar-refractivity contribution in [2.24, 2.45) is 0 Å². The van der Waals surface area contributed by atoms with Crippen molar-refractivity contribution in [3.63, 3.8) is 0 Å². The summed E-state index contributed by atoms with van der Waals surface area (Å²) >= 11 is 2.27. The third kappa shape index (κ3) is 5.96. The molecule has 0 spiro atoms. The number of benzene rings is 1. The lowest BCUT2D eigenvalue weighted by Crippen LogP contribution is -2.85. The highest BCUT2D eigenvalue weighted by molar-refractivity contribution is 14.1. The maximum absolute atomic E-state index is 8.56. The SMILES string of the molecule is OCC[NH2+]CCCOc1ccc(I)cc1. The predicted molar refractivity (Wildman–Crippen MR) is 68.0 cm³/mol. The van der Waals surface area contributed by atoms with Crippen molar-refractivity contribution in [2.45, 2.75) is 6.42 Å². The Balaban J connectivity index is 2.07. The topological polar surface area (TPSA) is 46.1 Å². The first-order valence-corrected chi connectivity index (χ1v) is 6.21. The number of quaternary nitrogens is 1. The molecule has 0 aliphatic carbocycles. The Hall–Kier alpha value is -0.330. The van der Waals surface area contributed by atoms with Crippen molar-refractivity contribution in [1.29, 1.82) is 0 Å². The van der Waals surface area contributed by atoms with E-state index in [0.717, 1.165) is 31.9 Å². The van der Waals surface area contributed by atoms with Crippen molar-refractivity contribution in [3.8, 4) is 5.75 Å². The molecule has 1 rings (SSSR count). The zero-order chi connectivity index (χ0) is 10.9. The number of nitrogens with two attached hydrogens (primary N) is 1. The van der Waals surface area contributed by atoms with Gasteiger partial charge >= 0.3 is 0 Å². The summed E-state index contributed by atoms with van der Waals surface area (Å²) in [6.07, 6.45) is 1.01. The van der Waals surface area contributed by atoms with Crippen LogP contribution in [-0.4, -0.2) is 31.4 Å².